The number of ether oxygens (including phenoxy) is 1. The third kappa shape index (κ3) is 3.90. The molecular formula is C18H14ClN3O5. The summed E-state index contributed by atoms with van der Waals surface area (Å²) in [7, 11) is 0. The molecule has 0 aliphatic heterocycles. The molecule has 2 aromatic carbocycles. The van der Waals surface area contributed by atoms with Crippen LogP contribution in [0.3, 0.4) is 0 Å². The van der Waals surface area contributed by atoms with Crippen LogP contribution in [-0.4, -0.2) is 28.4 Å². The Labute approximate surface area is 158 Å². The smallest absolute Gasteiger partial charge is 0.356 e. The number of nitro groups is 1. The average Bonchev–Trinajstić information content (AvgIpc) is 2.98. The quantitative estimate of drug-likeness (QED) is 0.392. The van der Waals surface area contributed by atoms with E-state index in [9.17, 15) is 19.7 Å². The summed E-state index contributed by atoms with van der Waals surface area (Å²) < 4.78 is 4.97. The molecule has 0 unspecified atom stereocenters. The van der Waals surface area contributed by atoms with Crippen molar-refractivity contribution in [3.8, 4) is 0 Å². The average molecular weight is 388 g/mol. The molecular weight excluding hydrogens is 374 g/mol. The summed E-state index contributed by atoms with van der Waals surface area (Å²) in [4.78, 5) is 37.4. The molecule has 0 fully saturated rings. The largest absolute Gasteiger partial charge is 0.451 e. The molecule has 0 bridgehead atoms. The molecule has 9 heteroatoms. The minimum absolute atomic E-state index is 0.0524. The van der Waals surface area contributed by atoms with Crippen LogP contribution in [0.2, 0.25) is 5.02 Å². The predicted octanol–water partition coefficient (Wildman–Crippen LogP) is 3.83. The second-order valence-electron chi connectivity index (χ2n) is 5.74. The highest BCUT2D eigenvalue weighted by molar-refractivity contribution is 6.38. The Bertz CT molecular complexity index is 1060. The van der Waals surface area contributed by atoms with Gasteiger partial charge in [-0.3, -0.25) is 14.9 Å². The fourth-order valence-electron chi connectivity index (χ4n) is 2.53. The third-order valence-corrected chi connectivity index (χ3v) is 4.26. The van der Waals surface area contributed by atoms with Crippen molar-refractivity contribution in [1.82, 2.24) is 4.98 Å². The molecule has 1 heterocycles. The van der Waals surface area contributed by atoms with Crippen LogP contribution in [0, 0.1) is 17.0 Å². The van der Waals surface area contributed by atoms with Gasteiger partial charge in [0.1, 0.15) is 5.69 Å². The lowest BCUT2D eigenvalue weighted by atomic mass is 10.2. The molecule has 0 saturated carbocycles. The van der Waals surface area contributed by atoms with E-state index in [-0.39, 0.29) is 22.1 Å². The summed E-state index contributed by atoms with van der Waals surface area (Å²) in [6, 6.07) is 11.4. The monoisotopic (exact) mass is 387 g/mol. The number of nitrogens with zero attached hydrogens (tertiary/aromatic N) is 1. The highest BCUT2D eigenvalue weighted by Gasteiger charge is 2.19. The van der Waals surface area contributed by atoms with Crippen LogP contribution in [0.1, 0.15) is 16.1 Å². The van der Waals surface area contributed by atoms with Crippen LogP contribution in [0.5, 0.6) is 0 Å². The van der Waals surface area contributed by atoms with Crippen molar-refractivity contribution in [3.05, 3.63) is 68.9 Å². The number of nitro benzene ring substituents is 1. The van der Waals surface area contributed by atoms with Gasteiger partial charge in [-0.1, -0.05) is 35.9 Å². The first-order valence-electron chi connectivity index (χ1n) is 7.85. The van der Waals surface area contributed by atoms with Crippen molar-refractivity contribution in [2.75, 3.05) is 11.9 Å². The summed E-state index contributed by atoms with van der Waals surface area (Å²) in [6.45, 7) is 1.03. The normalized spacial score (nSPS) is 10.6. The fraction of sp³-hybridized carbons (Fsp3) is 0.111. The topological polar surface area (TPSA) is 114 Å². The maximum absolute atomic E-state index is 12.2. The highest BCUT2D eigenvalue weighted by Crippen LogP contribution is 2.27. The number of H-pyrrole nitrogens is 1. The Hall–Kier alpha value is -3.39. The number of hydrogen-bond donors (Lipinski definition) is 2. The first-order valence-corrected chi connectivity index (χ1v) is 8.23. The predicted molar refractivity (Wildman–Crippen MR) is 100 cm³/mol. The maximum Gasteiger partial charge on any atom is 0.356 e. The first kappa shape index (κ1) is 18.4. The van der Waals surface area contributed by atoms with Crippen LogP contribution >= 0.6 is 11.6 Å². The van der Waals surface area contributed by atoms with Gasteiger partial charge in [0.2, 0.25) is 0 Å². The number of aromatic nitrogens is 1. The highest BCUT2D eigenvalue weighted by atomic mass is 35.5. The molecule has 138 valence electrons. The minimum Gasteiger partial charge on any atom is -0.451 e. The summed E-state index contributed by atoms with van der Waals surface area (Å²) in [5, 5.41) is 14.3. The molecule has 1 amide bonds. The second kappa shape index (κ2) is 7.46. The van der Waals surface area contributed by atoms with E-state index >= 15 is 0 Å². The van der Waals surface area contributed by atoms with Crippen molar-refractivity contribution in [1.29, 1.82) is 0 Å². The zero-order valence-corrected chi connectivity index (χ0v) is 14.9. The van der Waals surface area contributed by atoms with Crippen LogP contribution in [0.15, 0.2) is 42.5 Å². The number of aromatic amines is 1. The van der Waals surface area contributed by atoms with E-state index in [2.05, 4.69) is 10.3 Å². The third-order valence-electron chi connectivity index (χ3n) is 3.87. The van der Waals surface area contributed by atoms with Crippen molar-refractivity contribution in [3.63, 3.8) is 0 Å². The number of carbonyl (C=O) groups excluding carboxylic acids is 2. The lowest BCUT2D eigenvalue weighted by molar-refractivity contribution is -0.385. The molecule has 2 N–H and O–H groups in total. The van der Waals surface area contributed by atoms with Crippen molar-refractivity contribution < 1.29 is 19.2 Å². The number of carbonyl (C=O) groups is 2. The van der Waals surface area contributed by atoms with Gasteiger partial charge in [-0.05, 0) is 19.1 Å². The molecule has 3 rings (SSSR count). The van der Waals surface area contributed by atoms with Crippen LogP contribution in [0.25, 0.3) is 10.9 Å². The van der Waals surface area contributed by atoms with Crippen molar-refractivity contribution >= 4 is 45.8 Å². The number of esters is 1. The molecule has 27 heavy (non-hydrogen) atoms. The standard InChI is InChI=1S/C18H14ClN3O5/c1-10-6-7-11(8-14(10)22(25)26)20-15(23)9-27-18(24)17-16(19)12-4-2-3-5-13(12)21-17/h2-8,21H,9H2,1H3,(H,20,23). The molecule has 8 nitrogen and oxygen atoms in total. The van der Waals surface area contributed by atoms with Gasteiger partial charge < -0.3 is 15.0 Å². The Morgan fingerprint density at radius 2 is 2.00 bits per heavy atom. The first-order chi connectivity index (χ1) is 12.9. The van der Waals surface area contributed by atoms with Gasteiger partial charge in [0, 0.05) is 28.2 Å². The maximum atomic E-state index is 12.2. The number of benzene rings is 2. The van der Waals surface area contributed by atoms with E-state index in [1.807, 2.05) is 0 Å². The van der Waals surface area contributed by atoms with Gasteiger partial charge >= 0.3 is 5.97 Å². The zero-order valence-electron chi connectivity index (χ0n) is 14.1. The molecule has 0 saturated heterocycles. The number of hydrogen-bond acceptors (Lipinski definition) is 5. The second-order valence-corrected chi connectivity index (χ2v) is 6.12. The van der Waals surface area contributed by atoms with E-state index in [4.69, 9.17) is 16.3 Å². The van der Waals surface area contributed by atoms with Gasteiger partial charge in [0.25, 0.3) is 11.6 Å². The molecule has 3 aromatic rings. The SMILES string of the molecule is Cc1ccc(NC(=O)COC(=O)c2[nH]c3ccccc3c2Cl)cc1[N+](=O)[O-]. The Kier molecular flexibility index (Phi) is 5.09. The lowest BCUT2D eigenvalue weighted by Crippen LogP contribution is -2.21. The molecule has 0 atom stereocenters. The van der Waals surface area contributed by atoms with Crippen LogP contribution < -0.4 is 5.32 Å². The summed E-state index contributed by atoms with van der Waals surface area (Å²) in [5.41, 5.74) is 1.31. The van der Waals surface area contributed by atoms with Crippen molar-refractivity contribution in [2.45, 2.75) is 6.92 Å². The number of fused-ring (bicyclic) bond motifs is 1. The van der Waals surface area contributed by atoms with Gasteiger partial charge in [0.15, 0.2) is 6.61 Å². The summed E-state index contributed by atoms with van der Waals surface area (Å²) in [5.74, 6) is -1.41. The molecule has 0 spiro atoms. The van der Waals surface area contributed by atoms with E-state index < -0.39 is 23.4 Å². The Morgan fingerprint density at radius 3 is 2.70 bits per heavy atom. The van der Waals surface area contributed by atoms with Crippen LogP contribution in [-0.2, 0) is 9.53 Å². The van der Waals surface area contributed by atoms with E-state index in [0.29, 0.717) is 16.5 Å². The molecule has 0 radical (unpaired) electrons. The molecule has 0 aliphatic carbocycles. The number of aryl methyl sites for hydroxylation is 1. The Balaban J connectivity index is 1.65. The fourth-order valence-corrected chi connectivity index (χ4v) is 2.82. The van der Waals surface area contributed by atoms with E-state index in [1.54, 1.807) is 31.2 Å². The van der Waals surface area contributed by atoms with Crippen molar-refractivity contribution in [2.24, 2.45) is 0 Å². The number of nitrogens with one attached hydrogen (secondary N) is 2. The number of amides is 1. The van der Waals surface area contributed by atoms with E-state index in [0.717, 1.165) is 0 Å². The zero-order chi connectivity index (χ0) is 19.6. The summed E-state index contributed by atoms with van der Waals surface area (Å²) >= 11 is 6.16. The molecule has 1 aromatic heterocycles. The number of para-hydroxylation sites is 1. The molecule has 0 aliphatic rings. The van der Waals surface area contributed by atoms with Gasteiger partial charge in [-0.15, -0.1) is 0 Å². The van der Waals surface area contributed by atoms with Gasteiger partial charge in [-0.25, -0.2) is 4.79 Å². The van der Waals surface area contributed by atoms with E-state index in [1.165, 1.54) is 18.2 Å². The lowest BCUT2D eigenvalue weighted by Gasteiger charge is -2.07. The Morgan fingerprint density at radius 1 is 1.26 bits per heavy atom. The number of rotatable bonds is 5. The number of halogens is 1. The van der Waals surface area contributed by atoms with Gasteiger partial charge in [-0.2, -0.15) is 0 Å². The van der Waals surface area contributed by atoms with Crippen LogP contribution in [0.4, 0.5) is 11.4 Å². The number of anilines is 1. The van der Waals surface area contributed by atoms with Gasteiger partial charge in [0.05, 0.1) is 9.95 Å². The minimum atomic E-state index is -0.777. The summed E-state index contributed by atoms with van der Waals surface area (Å²) in [6.07, 6.45) is 0.